The number of sulfonamides is 1. The standard InChI is InChI=1S/C15H13BrF3NO3S/c1-9-3-5-12(6-4-9)24(21,22)20-14-10(2)7-11(8-13(14)16)23-15(17,18)19/h3-8,20H,1-2H3. The van der Waals surface area contributed by atoms with E-state index in [-0.39, 0.29) is 20.6 Å². The monoisotopic (exact) mass is 423 g/mol. The fourth-order valence-electron chi connectivity index (χ4n) is 1.95. The minimum Gasteiger partial charge on any atom is -0.406 e. The predicted octanol–water partition coefficient (Wildman–Crippen LogP) is 4.77. The molecule has 0 unspecified atom stereocenters. The van der Waals surface area contributed by atoms with E-state index in [2.05, 4.69) is 25.4 Å². The van der Waals surface area contributed by atoms with Gasteiger partial charge in [-0.05, 0) is 59.6 Å². The molecule has 2 aromatic carbocycles. The number of anilines is 1. The minimum absolute atomic E-state index is 0.0509. The van der Waals surface area contributed by atoms with Gasteiger partial charge in [0.05, 0.1) is 10.6 Å². The van der Waals surface area contributed by atoms with Crippen molar-refractivity contribution < 1.29 is 26.3 Å². The molecule has 0 aliphatic heterocycles. The summed E-state index contributed by atoms with van der Waals surface area (Å²) in [6.45, 7) is 3.30. The maximum absolute atomic E-state index is 12.4. The number of ether oxygens (including phenoxy) is 1. The van der Waals surface area contributed by atoms with Gasteiger partial charge in [-0.3, -0.25) is 4.72 Å². The van der Waals surface area contributed by atoms with Crippen LogP contribution >= 0.6 is 15.9 Å². The number of aryl methyl sites for hydroxylation is 2. The molecule has 0 bridgehead atoms. The predicted molar refractivity (Wildman–Crippen MR) is 87.5 cm³/mol. The summed E-state index contributed by atoms with van der Waals surface area (Å²) < 4.78 is 68.0. The number of halogens is 4. The van der Waals surface area contributed by atoms with Crippen LogP contribution < -0.4 is 9.46 Å². The first-order valence-electron chi connectivity index (χ1n) is 6.63. The molecule has 0 aliphatic carbocycles. The van der Waals surface area contributed by atoms with Crippen LogP contribution in [0.2, 0.25) is 0 Å². The lowest BCUT2D eigenvalue weighted by Gasteiger charge is -2.15. The normalized spacial score (nSPS) is 12.1. The molecule has 0 aliphatic rings. The zero-order valence-corrected chi connectivity index (χ0v) is 15.0. The van der Waals surface area contributed by atoms with Crippen molar-refractivity contribution in [2.24, 2.45) is 0 Å². The van der Waals surface area contributed by atoms with Crippen LogP contribution in [0.15, 0.2) is 45.8 Å². The maximum Gasteiger partial charge on any atom is 0.573 e. The summed E-state index contributed by atoms with van der Waals surface area (Å²) in [6.07, 6.45) is -4.82. The number of alkyl halides is 3. The lowest BCUT2D eigenvalue weighted by Crippen LogP contribution is -2.18. The molecule has 0 spiro atoms. The van der Waals surface area contributed by atoms with Crippen LogP contribution in [0, 0.1) is 13.8 Å². The third-order valence-electron chi connectivity index (χ3n) is 3.06. The Labute approximate surface area is 145 Å². The highest BCUT2D eigenvalue weighted by Gasteiger charge is 2.31. The first-order chi connectivity index (χ1) is 11.0. The Kier molecular flexibility index (Phi) is 5.14. The van der Waals surface area contributed by atoms with Crippen molar-refractivity contribution in [3.63, 3.8) is 0 Å². The summed E-state index contributed by atoms with van der Waals surface area (Å²) in [6, 6.07) is 8.34. The second kappa shape index (κ2) is 6.64. The lowest BCUT2D eigenvalue weighted by molar-refractivity contribution is -0.274. The average Bonchev–Trinajstić information content (AvgIpc) is 2.41. The molecular weight excluding hydrogens is 411 g/mol. The van der Waals surface area contributed by atoms with Crippen molar-refractivity contribution >= 4 is 31.6 Å². The van der Waals surface area contributed by atoms with Crippen LogP contribution in [0.5, 0.6) is 5.75 Å². The summed E-state index contributed by atoms with van der Waals surface area (Å²) in [5.74, 6) is -0.440. The van der Waals surface area contributed by atoms with Gasteiger partial charge in [-0.2, -0.15) is 0 Å². The molecule has 130 valence electrons. The smallest absolute Gasteiger partial charge is 0.406 e. The average molecular weight is 424 g/mol. The van der Waals surface area contributed by atoms with Crippen molar-refractivity contribution in [3.05, 3.63) is 52.0 Å². The number of hydrogen-bond donors (Lipinski definition) is 1. The van der Waals surface area contributed by atoms with Gasteiger partial charge in [-0.1, -0.05) is 17.7 Å². The first kappa shape index (κ1) is 18.6. The van der Waals surface area contributed by atoms with E-state index in [4.69, 9.17) is 0 Å². The molecule has 2 rings (SSSR count). The van der Waals surface area contributed by atoms with Crippen LogP contribution in [0.4, 0.5) is 18.9 Å². The molecule has 0 atom stereocenters. The highest BCUT2D eigenvalue weighted by molar-refractivity contribution is 9.10. The molecule has 9 heteroatoms. The summed E-state index contributed by atoms with van der Waals surface area (Å²) >= 11 is 3.07. The zero-order chi connectivity index (χ0) is 18.1. The van der Waals surface area contributed by atoms with E-state index in [0.29, 0.717) is 0 Å². The molecular formula is C15H13BrF3NO3S. The van der Waals surface area contributed by atoms with E-state index in [0.717, 1.165) is 17.7 Å². The Hall–Kier alpha value is -1.74. The molecule has 4 nitrogen and oxygen atoms in total. The highest BCUT2D eigenvalue weighted by Crippen LogP contribution is 2.35. The van der Waals surface area contributed by atoms with Gasteiger partial charge in [0.2, 0.25) is 0 Å². The number of benzene rings is 2. The highest BCUT2D eigenvalue weighted by atomic mass is 79.9. The van der Waals surface area contributed by atoms with Gasteiger partial charge in [-0.25, -0.2) is 8.42 Å². The summed E-state index contributed by atoms with van der Waals surface area (Å²) in [5, 5.41) is 0. The second-order valence-electron chi connectivity index (χ2n) is 5.06. The summed E-state index contributed by atoms with van der Waals surface area (Å²) in [4.78, 5) is 0.0509. The molecule has 0 saturated carbocycles. The third-order valence-corrected chi connectivity index (χ3v) is 5.05. The van der Waals surface area contributed by atoms with Gasteiger partial charge in [0.1, 0.15) is 5.75 Å². The third kappa shape index (κ3) is 4.64. The number of nitrogens with one attached hydrogen (secondary N) is 1. The van der Waals surface area contributed by atoms with Crippen LogP contribution in [0.1, 0.15) is 11.1 Å². The SMILES string of the molecule is Cc1ccc(S(=O)(=O)Nc2c(C)cc(OC(F)(F)F)cc2Br)cc1. The van der Waals surface area contributed by atoms with Crippen molar-refractivity contribution in [1.29, 1.82) is 0 Å². The zero-order valence-electron chi connectivity index (χ0n) is 12.6. The molecule has 0 amide bonds. The summed E-state index contributed by atoms with van der Waals surface area (Å²) in [5.41, 5.74) is 1.32. The molecule has 0 heterocycles. The molecule has 0 aromatic heterocycles. The maximum atomic E-state index is 12.4. The van der Waals surface area contributed by atoms with E-state index in [1.807, 2.05) is 6.92 Å². The molecule has 0 saturated heterocycles. The van der Waals surface area contributed by atoms with E-state index in [1.165, 1.54) is 19.1 Å². The largest absolute Gasteiger partial charge is 0.573 e. The number of hydrogen-bond acceptors (Lipinski definition) is 3. The number of rotatable bonds is 4. The van der Waals surface area contributed by atoms with Crippen molar-refractivity contribution in [1.82, 2.24) is 0 Å². The summed E-state index contributed by atoms with van der Waals surface area (Å²) in [7, 11) is -3.87. The van der Waals surface area contributed by atoms with E-state index in [9.17, 15) is 21.6 Å². The quantitative estimate of drug-likeness (QED) is 0.770. The van der Waals surface area contributed by atoms with Gasteiger partial charge in [0.15, 0.2) is 0 Å². The Morgan fingerprint density at radius 3 is 2.17 bits per heavy atom. The first-order valence-corrected chi connectivity index (χ1v) is 8.91. The van der Waals surface area contributed by atoms with Crippen LogP contribution in [-0.2, 0) is 10.0 Å². The van der Waals surface area contributed by atoms with Crippen LogP contribution in [0.3, 0.4) is 0 Å². The van der Waals surface area contributed by atoms with Gasteiger partial charge >= 0.3 is 6.36 Å². The molecule has 0 radical (unpaired) electrons. The van der Waals surface area contributed by atoms with Gasteiger partial charge in [-0.15, -0.1) is 13.2 Å². The fraction of sp³-hybridized carbons (Fsp3) is 0.200. The second-order valence-corrected chi connectivity index (χ2v) is 7.60. The van der Waals surface area contributed by atoms with Crippen molar-refractivity contribution in [2.45, 2.75) is 25.1 Å². The molecule has 24 heavy (non-hydrogen) atoms. The van der Waals surface area contributed by atoms with E-state index >= 15 is 0 Å². The van der Waals surface area contributed by atoms with Gasteiger partial charge in [0, 0.05) is 4.47 Å². The fourth-order valence-corrected chi connectivity index (χ4v) is 3.87. The Morgan fingerprint density at radius 2 is 1.67 bits per heavy atom. The van der Waals surface area contributed by atoms with E-state index < -0.39 is 22.1 Å². The minimum atomic E-state index is -4.82. The lowest BCUT2D eigenvalue weighted by atomic mass is 10.2. The Bertz CT molecular complexity index is 826. The Balaban J connectivity index is 2.34. The molecule has 0 fully saturated rings. The van der Waals surface area contributed by atoms with Gasteiger partial charge in [0.25, 0.3) is 10.0 Å². The molecule has 2 aromatic rings. The van der Waals surface area contributed by atoms with E-state index in [1.54, 1.807) is 12.1 Å². The molecule has 1 N–H and O–H groups in total. The Morgan fingerprint density at radius 1 is 1.08 bits per heavy atom. The van der Waals surface area contributed by atoms with Crippen molar-refractivity contribution in [3.8, 4) is 5.75 Å². The topological polar surface area (TPSA) is 55.4 Å². The van der Waals surface area contributed by atoms with Crippen LogP contribution in [-0.4, -0.2) is 14.8 Å². The van der Waals surface area contributed by atoms with Gasteiger partial charge < -0.3 is 4.74 Å². The van der Waals surface area contributed by atoms with Crippen molar-refractivity contribution in [2.75, 3.05) is 4.72 Å². The van der Waals surface area contributed by atoms with Crippen LogP contribution in [0.25, 0.3) is 0 Å².